The fraction of sp³-hybridized carbons (Fsp3) is 0.263. The molecule has 1 aromatic carbocycles. The number of rotatable bonds is 6. The number of hydrogen-bond donors (Lipinski definition) is 1. The zero-order valence-electron chi connectivity index (χ0n) is 14.5. The molecule has 8 heteroatoms. The summed E-state index contributed by atoms with van der Waals surface area (Å²) in [6.45, 7) is 0. The van der Waals surface area contributed by atoms with E-state index in [4.69, 9.17) is 4.52 Å². The summed E-state index contributed by atoms with van der Waals surface area (Å²) in [7, 11) is 0. The third-order valence-electron chi connectivity index (χ3n) is 3.99. The fourth-order valence-electron chi connectivity index (χ4n) is 2.71. The molecule has 1 N–H and O–H groups in total. The van der Waals surface area contributed by atoms with E-state index in [1.807, 2.05) is 53.9 Å². The molecule has 0 saturated carbocycles. The lowest BCUT2D eigenvalue weighted by molar-refractivity contribution is -0.116. The molecule has 0 unspecified atom stereocenters. The van der Waals surface area contributed by atoms with E-state index in [2.05, 4.69) is 32.6 Å². The summed E-state index contributed by atoms with van der Waals surface area (Å²) in [6, 6.07) is 13.6. The Kier molecular flexibility index (Phi) is 5.74. The summed E-state index contributed by atoms with van der Waals surface area (Å²) in [5.74, 6) is 3.15. The van der Waals surface area contributed by atoms with Crippen molar-refractivity contribution in [2.45, 2.75) is 17.4 Å². The second kappa shape index (κ2) is 8.58. The summed E-state index contributed by atoms with van der Waals surface area (Å²) in [6.07, 6.45) is 2.34. The molecule has 27 heavy (non-hydrogen) atoms. The predicted octanol–water partition coefficient (Wildman–Crippen LogP) is 4.18. The van der Waals surface area contributed by atoms with Crippen molar-refractivity contribution in [1.82, 2.24) is 15.1 Å². The molecule has 0 atom stereocenters. The molecule has 1 aliphatic rings. The van der Waals surface area contributed by atoms with E-state index in [1.54, 1.807) is 6.20 Å². The first-order chi connectivity index (χ1) is 13.3. The van der Waals surface area contributed by atoms with Gasteiger partial charge in [0.2, 0.25) is 17.6 Å². The third-order valence-corrected chi connectivity index (χ3v) is 7.10. The summed E-state index contributed by atoms with van der Waals surface area (Å²) >= 11 is 3.90. The fourth-order valence-corrected chi connectivity index (χ4v) is 5.55. The Morgan fingerprint density at radius 1 is 1.19 bits per heavy atom. The van der Waals surface area contributed by atoms with Gasteiger partial charge >= 0.3 is 0 Å². The molecule has 0 radical (unpaired) electrons. The van der Waals surface area contributed by atoms with Crippen molar-refractivity contribution in [1.29, 1.82) is 0 Å². The molecule has 0 bridgehead atoms. The second-order valence-electron chi connectivity index (χ2n) is 5.97. The molecule has 0 spiro atoms. The molecule has 1 aliphatic heterocycles. The van der Waals surface area contributed by atoms with Crippen LogP contribution in [0, 0.1) is 0 Å². The van der Waals surface area contributed by atoms with Gasteiger partial charge in [0, 0.05) is 36.2 Å². The number of amides is 1. The zero-order valence-corrected chi connectivity index (χ0v) is 16.1. The van der Waals surface area contributed by atoms with E-state index in [9.17, 15) is 4.79 Å². The van der Waals surface area contributed by atoms with Gasteiger partial charge in [0.1, 0.15) is 5.69 Å². The number of thioether (sulfide) groups is 2. The van der Waals surface area contributed by atoms with Crippen LogP contribution in [-0.4, -0.2) is 32.5 Å². The van der Waals surface area contributed by atoms with Crippen molar-refractivity contribution >= 4 is 35.1 Å². The smallest absolute Gasteiger partial charge is 0.227 e. The van der Waals surface area contributed by atoms with Crippen LogP contribution < -0.4 is 5.32 Å². The number of carbonyl (C=O) groups is 1. The molecule has 0 aliphatic carbocycles. The number of aromatic nitrogens is 3. The van der Waals surface area contributed by atoms with E-state index in [0.29, 0.717) is 28.4 Å². The van der Waals surface area contributed by atoms with Crippen molar-refractivity contribution < 1.29 is 9.32 Å². The largest absolute Gasteiger partial charge is 0.339 e. The van der Waals surface area contributed by atoms with Gasteiger partial charge in [0.25, 0.3) is 0 Å². The van der Waals surface area contributed by atoms with Gasteiger partial charge in [-0.15, -0.1) is 23.5 Å². The number of hydrogen-bond acceptors (Lipinski definition) is 7. The summed E-state index contributed by atoms with van der Waals surface area (Å²) in [4.78, 5) is 20.8. The lowest BCUT2D eigenvalue weighted by Gasteiger charge is -2.11. The van der Waals surface area contributed by atoms with Crippen LogP contribution in [0.15, 0.2) is 53.2 Å². The summed E-state index contributed by atoms with van der Waals surface area (Å²) in [5.41, 5.74) is 2.72. The Labute approximate surface area is 165 Å². The van der Waals surface area contributed by atoms with E-state index < -0.39 is 0 Å². The van der Waals surface area contributed by atoms with Gasteiger partial charge in [0.15, 0.2) is 0 Å². The maximum Gasteiger partial charge on any atom is 0.227 e. The molecule has 1 saturated heterocycles. The standard InChI is InChI=1S/C19H18N4O2S2/c24-16(21-14-5-3-4-13(12-14)19-26-10-11-27-19)7-8-17-22-18(23-25-17)15-6-1-2-9-20-15/h1-6,9,12,19H,7-8,10-11H2,(H,21,24). The van der Waals surface area contributed by atoms with Crippen LogP contribution >= 0.6 is 23.5 Å². The first kappa shape index (κ1) is 18.1. The first-order valence-electron chi connectivity index (χ1n) is 8.65. The highest BCUT2D eigenvalue weighted by Crippen LogP contribution is 2.45. The van der Waals surface area contributed by atoms with Gasteiger partial charge < -0.3 is 9.84 Å². The van der Waals surface area contributed by atoms with Gasteiger partial charge in [-0.1, -0.05) is 23.4 Å². The van der Waals surface area contributed by atoms with Crippen molar-refractivity contribution in [2.75, 3.05) is 16.8 Å². The average molecular weight is 399 g/mol. The molecule has 138 valence electrons. The minimum atomic E-state index is -0.0727. The predicted molar refractivity (Wildman–Crippen MR) is 109 cm³/mol. The topological polar surface area (TPSA) is 80.9 Å². The van der Waals surface area contributed by atoms with Crippen LogP contribution in [-0.2, 0) is 11.2 Å². The number of nitrogens with one attached hydrogen (secondary N) is 1. The lowest BCUT2D eigenvalue weighted by Crippen LogP contribution is -2.12. The molecule has 3 heterocycles. The molecular weight excluding hydrogens is 380 g/mol. The first-order valence-corrected chi connectivity index (χ1v) is 10.7. The highest BCUT2D eigenvalue weighted by atomic mass is 32.2. The van der Waals surface area contributed by atoms with Crippen LogP contribution in [0.2, 0.25) is 0 Å². The molecule has 1 amide bonds. The molecule has 1 fully saturated rings. The molecule has 2 aromatic heterocycles. The van der Waals surface area contributed by atoms with Crippen LogP contribution in [0.25, 0.3) is 11.5 Å². The number of carbonyl (C=O) groups excluding carboxylic acids is 1. The number of aryl methyl sites for hydroxylation is 1. The number of anilines is 1. The molecule has 3 aromatic rings. The van der Waals surface area contributed by atoms with Crippen molar-refractivity contribution in [3.05, 3.63) is 60.1 Å². The average Bonchev–Trinajstić information content (AvgIpc) is 3.40. The SMILES string of the molecule is O=C(CCc1nc(-c2ccccn2)no1)Nc1cccc(C2SCCS2)c1. The number of benzene rings is 1. The second-order valence-corrected chi connectivity index (χ2v) is 8.70. The normalized spacial score (nSPS) is 14.4. The van der Waals surface area contributed by atoms with Crippen LogP contribution in [0.4, 0.5) is 5.69 Å². The third kappa shape index (κ3) is 4.70. The van der Waals surface area contributed by atoms with Gasteiger partial charge in [-0.2, -0.15) is 4.98 Å². The Bertz CT molecular complexity index is 911. The lowest BCUT2D eigenvalue weighted by atomic mass is 10.2. The Morgan fingerprint density at radius 2 is 2.07 bits per heavy atom. The van der Waals surface area contributed by atoms with E-state index >= 15 is 0 Å². The monoisotopic (exact) mass is 398 g/mol. The van der Waals surface area contributed by atoms with Gasteiger partial charge in [0.05, 0.1) is 4.58 Å². The van der Waals surface area contributed by atoms with Gasteiger partial charge in [-0.25, -0.2) is 0 Å². The minimum Gasteiger partial charge on any atom is -0.339 e. The zero-order chi connectivity index (χ0) is 18.5. The summed E-state index contributed by atoms with van der Waals surface area (Å²) < 4.78 is 5.68. The van der Waals surface area contributed by atoms with Crippen molar-refractivity contribution in [3.8, 4) is 11.5 Å². The Hall–Kier alpha value is -2.32. The highest BCUT2D eigenvalue weighted by molar-refractivity contribution is 8.19. The van der Waals surface area contributed by atoms with Crippen LogP contribution in [0.1, 0.15) is 22.5 Å². The van der Waals surface area contributed by atoms with Gasteiger partial charge in [-0.3, -0.25) is 9.78 Å². The van der Waals surface area contributed by atoms with Gasteiger partial charge in [-0.05, 0) is 29.8 Å². The highest BCUT2D eigenvalue weighted by Gasteiger charge is 2.18. The number of pyridine rings is 1. The Balaban J connectivity index is 1.32. The van der Waals surface area contributed by atoms with E-state index in [1.165, 1.54) is 17.1 Å². The van der Waals surface area contributed by atoms with E-state index in [-0.39, 0.29) is 12.3 Å². The minimum absolute atomic E-state index is 0.0727. The molecular formula is C19H18N4O2S2. The van der Waals surface area contributed by atoms with Crippen molar-refractivity contribution in [3.63, 3.8) is 0 Å². The number of nitrogens with zero attached hydrogens (tertiary/aromatic N) is 3. The molecule has 4 rings (SSSR count). The van der Waals surface area contributed by atoms with E-state index in [0.717, 1.165) is 5.69 Å². The summed E-state index contributed by atoms with van der Waals surface area (Å²) in [5, 5.41) is 6.87. The maximum atomic E-state index is 12.3. The van der Waals surface area contributed by atoms with Crippen molar-refractivity contribution in [2.24, 2.45) is 0 Å². The maximum absolute atomic E-state index is 12.3. The quantitative estimate of drug-likeness (QED) is 0.667. The molecule has 6 nitrogen and oxygen atoms in total. The Morgan fingerprint density at radius 3 is 2.89 bits per heavy atom. The van der Waals surface area contributed by atoms with Crippen LogP contribution in [0.5, 0.6) is 0 Å². The van der Waals surface area contributed by atoms with Crippen LogP contribution in [0.3, 0.4) is 0 Å².